The summed E-state index contributed by atoms with van der Waals surface area (Å²) >= 11 is 3.62. The molecule has 0 unspecified atom stereocenters. The number of nitrogens with zero attached hydrogens (tertiary/aromatic N) is 1. The smallest absolute Gasteiger partial charge is 0.0432 e. The Labute approximate surface area is 128 Å². The van der Waals surface area contributed by atoms with Gasteiger partial charge in [0.25, 0.3) is 0 Å². The van der Waals surface area contributed by atoms with Crippen molar-refractivity contribution in [2.45, 2.75) is 32.0 Å². The Morgan fingerprint density at radius 1 is 1.05 bits per heavy atom. The summed E-state index contributed by atoms with van der Waals surface area (Å²) in [5.41, 5.74) is 9.77. The van der Waals surface area contributed by atoms with Gasteiger partial charge in [-0.2, -0.15) is 0 Å². The number of hydrogen-bond donors (Lipinski definition) is 1. The van der Waals surface area contributed by atoms with Gasteiger partial charge in [-0.3, -0.25) is 0 Å². The van der Waals surface area contributed by atoms with E-state index in [1.165, 1.54) is 29.7 Å². The maximum absolute atomic E-state index is 5.95. The van der Waals surface area contributed by atoms with Crippen LogP contribution in [0.5, 0.6) is 0 Å². The van der Waals surface area contributed by atoms with Crippen molar-refractivity contribution in [2.75, 3.05) is 4.90 Å². The first-order chi connectivity index (χ1) is 9.79. The van der Waals surface area contributed by atoms with Crippen LogP contribution in [0.3, 0.4) is 0 Å². The normalized spacial score (nSPS) is 14.3. The zero-order valence-corrected chi connectivity index (χ0v) is 13.0. The minimum Gasteiger partial charge on any atom is -0.364 e. The molecule has 2 aromatic carbocycles. The molecule has 0 atom stereocenters. The second-order valence-corrected chi connectivity index (χ2v) is 6.14. The van der Waals surface area contributed by atoms with Crippen LogP contribution in [0, 0.1) is 0 Å². The zero-order valence-electron chi connectivity index (χ0n) is 11.4. The lowest BCUT2D eigenvalue weighted by Gasteiger charge is -2.27. The highest BCUT2D eigenvalue weighted by Crippen LogP contribution is 2.37. The summed E-state index contributed by atoms with van der Waals surface area (Å²) in [5.74, 6) is 0. The highest BCUT2D eigenvalue weighted by Gasteiger charge is 2.30. The van der Waals surface area contributed by atoms with E-state index in [2.05, 4.69) is 69.4 Å². The molecule has 3 heteroatoms. The van der Waals surface area contributed by atoms with Crippen molar-refractivity contribution in [3.05, 3.63) is 64.1 Å². The molecular weight excluding hydrogens is 312 g/mol. The molecule has 0 bridgehead atoms. The van der Waals surface area contributed by atoms with E-state index in [0.717, 1.165) is 11.0 Å². The standard InChI is InChI=1S/C17H19BrN2/c18-16-7-4-8-17(15(16)11-19)20(14-9-10-14)12-13-5-2-1-3-6-13/h1-8,14H,9-12,19H2. The Kier molecular flexibility index (Phi) is 4.08. The van der Waals surface area contributed by atoms with Gasteiger partial charge < -0.3 is 10.6 Å². The van der Waals surface area contributed by atoms with Gasteiger partial charge in [0.15, 0.2) is 0 Å². The van der Waals surface area contributed by atoms with E-state index >= 15 is 0 Å². The van der Waals surface area contributed by atoms with Gasteiger partial charge in [-0.25, -0.2) is 0 Å². The van der Waals surface area contributed by atoms with Gasteiger partial charge >= 0.3 is 0 Å². The Morgan fingerprint density at radius 2 is 1.80 bits per heavy atom. The maximum atomic E-state index is 5.95. The number of anilines is 1. The van der Waals surface area contributed by atoms with Crippen LogP contribution in [-0.2, 0) is 13.1 Å². The number of rotatable bonds is 5. The molecule has 0 saturated heterocycles. The van der Waals surface area contributed by atoms with Gasteiger partial charge in [-0.05, 0) is 30.5 Å². The van der Waals surface area contributed by atoms with E-state index < -0.39 is 0 Å². The lowest BCUT2D eigenvalue weighted by atomic mass is 10.1. The van der Waals surface area contributed by atoms with Gasteiger partial charge in [0.2, 0.25) is 0 Å². The molecule has 2 N–H and O–H groups in total. The molecule has 20 heavy (non-hydrogen) atoms. The summed E-state index contributed by atoms with van der Waals surface area (Å²) in [4.78, 5) is 2.50. The SMILES string of the molecule is NCc1c(Br)cccc1N(Cc1ccccc1)C1CC1. The van der Waals surface area contributed by atoms with Crippen molar-refractivity contribution < 1.29 is 0 Å². The van der Waals surface area contributed by atoms with Crippen LogP contribution in [0.25, 0.3) is 0 Å². The molecule has 1 saturated carbocycles. The molecule has 1 fully saturated rings. The van der Waals surface area contributed by atoms with Gasteiger partial charge in [0.1, 0.15) is 0 Å². The van der Waals surface area contributed by atoms with Crippen LogP contribution in [0.15, 0.2) is 53.0 Å². The van der Waals surface area contributed by atoms with Crippen molar-refractivity contribution >= 4 is 21.6 Å². The molecule has 0 aliphatic heterocycles. The van der Waals surface area contributed by atoms with E-state index in [4.69, 9.17) is 5.73 Å². The molecule has 1 aliphatic rings. The molecular formula is C17H19BrN2. The van der Waals surface area contributed by atoms with Crippen LogP contribution in [0.1, 0.15) is 24.0 Å². The Hall–Kier alpha value is -1.32. The molecule has 0 aromatic heterocycles. The summed E-state index contributed by atoms with van der Waals surface area (Å²) in [6.07, 6.45) is 2.56. The predicted octanol–water partition coefficient (Wildman–Crippen LogP) is 4.08. The second kappa shape index (κ2) is 5.98. The van der Waals surface area contributed by atoms with Crippen molar-refractivity contribution in [2.24, 2.45) is 5.73 Å². The Morgan fingerprint density at radius 3 is 2.45 bits per heavy atom. The molecule has 0 spiro atoms. The average Bonchev–Trinajstić information content (AvgIpc) is 3.30. The lowest BCUT2D eigenvalue weighted by Crippen LogP contribution is -2.26. The highest BCUT2D eigenvalue weighted by atomic mass is 79.9. The summed E-state index contributed by atoms with van der Waals surface area (Å²) < 4.78 is 1.11. The second-order valence-electron chi connectivity index (χ2n) is 5.29. The lowest BCUT2D eigenvalue weighted by molar-refractivity contribution is 0.785. The Balaban J connectivity index is 1.93. The van der Waals surface area contributed by atoms with Gasteiger partial charge in [-0.1, -0.05) is 52.3 Å². The van der Waals surface area contributed by atoms with Gasteiger partial charge in [-0.15, -0.1) is 0 Å². The fourth-order valence-corrected chi connectivity index (χ4v) is 3.11. The van der Waals surface area contributed by atoms with Crippen LogP contribution >= 0.6 is 15.9 Å². The summed E-state index contributed by atoms with van der Waals surface area (Å²) in [5, 5.41) is 0. The summed E-state index contributed by atoms with van der Waals surface area (Å²) in [6, 6.07) is 17.7. The molecule has 2 aromatic rings. The monoisotopic (exact) mass is 330 g/mol. The van der Waals surface area contributed by atoms with E-state index in [-0.39, 0.29) is 0 Å². The van der Waals surface area contributed by atoms with Gasteiger partial charge in [0.05, 0.1) is 0 Å². The fraction of sp³-hybridized carbons (Fsp3) is 0.294. The minimum atomic E-state index is 0.564. The maximum Gasteiger partial charge on any atom is 0.0432 e. The van der Waals surface area contributed by atoms with Crippen molar-refractivity contribution in [1.29, 1.82) is 0 Å². The van der Waals surface area contributed by atoms with E-state index in [9.17, 15) is 0 Å². The zero-order chi connectivity index (χ0) is 13.9. The van der Waals surface area contributed by atoms with E-state index in [0.29, 0.717) is 12.6 Å². The van der Waals surface area contributed by atoms with Crippen molar-refractivity contribution in [3.8, 4) is 0 Å². The van der Waals surface area contributed by atoms with E-state index in [1.54, 1.807) is 0 Å². The average molecular weight is 331 g/mol. The van der Waals surface area contributed by atoms with Crippen LogP contribution in [0.2, 0.25) is 0 Å². The summed E-state index contributed by atoms with van der Waals surface area (Å²) in [7, 11) is 0. The molecule has 0 heterocycles. The van der Waals surface area contributed by atoms with Crippen molar-refractivity contribution in [3.63, 3.8) is 0 Å². The molecule has 1 aliphatic carbocycles. The van der Waals surface area contributed by atoms with Crippen molar-refractivity contribution in [1.82, 2.24) is 0 Å². The minimum absolute atomic E-state index is 0.564. The molecule has 3 rings (SSSR count). The highest BCUT2D eigenvalue weighted by molar-refractivity contribution is 9.10. The van der Waals surface area contributed by atoms with Crippen LogP contribution < -0.4 is 10.6 Å². The Bertz CT molecular complexity index is 579. The first-order valence-electron chi connectivity index (χ1n) is 7.07. The topological polar surface area (TPSA) is 29.3 Å². The molecule has 104 valence electrons. The van der Waals surface area contributed by atoms with Gasteiger partial charge in [0, 0.05) is 34.9 Å². The number of nitrogens with two attached hydrogens (primary N) is 1. The largest absolute Gasteiger partial charge is 0.364 e. The number of hydrogen-bond acceptors (Lipinski definition) is 2. The molecule has 2 nitrogen and oxygen atoms in total. The first kappa shape index (κ1) is 13.7. The predicted molar refractivity (Wildman–Crippen MR) is 87.7 cm³/mol. The third kappa shape index (κ3) is 2.89. The number of benzene rings is 2. The third-order valence-corrected chi connectivity index (χ3v) is 4.53. The van der Waals surface area contributed by atoms with Crippen LogP contribution in [0.4, 0.5) is 5.69 Å². The molecule has 0 amide bonds. The van der Waals surface area contributed by atoms with Crippen LogP contribution in [-0.4, -0.2) is 6.04 Å². The first-order valence-corrected chi connectivity index (χ1v) is 7.87. The summed E-state index contributed by atoms with van der Waals surface area (Å²) in [6.45, 7) is 1.52. The third-order valence-electron chi connectivity index (χ3n) is 3.79. The van der Waals surface area contributed by atoms with E-state index in [1.807, 2.05) is 0 Å². The quantitative estimate of drug-likeness (QED) is 0.895. The fourth-order valence-electron chi connectivity index (χ4n) is 2.60. The molecule has 0 radical (unpaired) electrons. The number of halogens is 1.